The maximum absolute atomic E-state index is 11.8. The van der Waals surface area contributed by atoms with E-state index in [2.05, 4.69) is 21.2 Å². The Morgan fingerprint density at radius 2 is 2.05 bits per heavy atom. The van der Waals surface area contributed by atoms with Crippen LogP contribution in [0.4, 0.5) is 0 Å². The number of carbonyl (C=O) groups excluding carboxylic acids is 1. The largest absolute Gasteiger partial charge is 0.396 e. The van der Waals surface area contributed by atoms with Gasteiger partial charge in [0.1, 0.15) is 0 Å². The zero-order valence-electron chi connectivity index (χ0n) is 10.7. The van der Waals surface area contributed by atoms with Crippen LogP contribution in [0.5, 0.6) is 0 Å². The van der Waals surface area contributed by atoms with E-state index in [4.69, 9.17) is 5.11 Å². The van der Waals surface area contributed by atoms with Gasteiger partial charge >= 0.3 is 0 Å². The van der Waals surface area contributed by atoms with Gasteiger partial charge in [-0.05, 0) is 48.9 Å². The second-order valence-corrected chi connectivity index (χ2v) is 6.96. The van der Waals surface area contributed by atoms with Gasteiger partial charge < -0.3 is 10.4 Å². The van der Waals surface area contributed by atoms with E-state index in [9.17, 15) is 4.79 Å². The SMILES string of the molecule is O=C(CSc1ccc(Br)cc1)NCC1(CCO)CC1. The van der Waals surface area contributed by atoms with Crippen molar-refractivity contribution in [1.82, 2.24) is 5.32 Å². The van der Waals surface area contributed by atoms with E-state index in [1.807, 2.05) is 24.3 Å². The molecule has 2 N–H and O–H groups in total. The second-order valence-electron chi connectivity index (χ2n) is 4.99. The van der Waals surface area contributed by atoms with Crippen LogP contribution in [-0.2, 0) is 4.79 Å². The van der Waals surface area contributed by atoms with Crippen molar-refractivity contribution in [2.24, 2.45) is 5.41 Å². The van der Waals surface area contributed by atoms with Crippen molar-refractivity contribution in [3.05, 3.63) is 28.7 Å². The van der Waals surface area contributed by atoms with E-state index >= 15 is 0 Å². The fourth-order valence-electron chi connectivity index (χ4n) is 1.95. The van der Waals surface area contributed by atoms with Gasteiger partial charge in [-0.25, -0.2) is 0 Å². The predicted octanol–water partition coefficient (Wildman–Crippen LogP) is 2.82. The molecule has 1 aromatic rings. The van der Waals surface area contributed by atoms with Gasteiger partial charge in [-0.2, -0.15) is 0 Å². The van der Waals surface area contributed by atoms with Gasteiger partial charge in [0.05, 0.1) is 5.75 Å². The topological polar surface area (TPSA) is 49.3 Å². The fraction of sp³-hybridized carbons (Fsp3) is 0.500. The van der Waals surface area contributed by atoms with Crippen LogP contribution in [0.2, 0.25) is 0 Å². The Morgan fingerprint density at radius 1 is 1.37 bits per heavy atom. The van der Waals surface area contributed by atoms with Gasteiger partial charge in [-0.15, -0.1) is 11.8 Å². The van der Waals surface area contributed by atoms with E-state index in [1.54, 1.807) is 0 Å². The molecule has 1 amide bonds. The smallest absolute Gasteiger partial charge is 0.230 e. The number of carbonyl (C=O) groups is 1. The van der Waals surface area contributed by atoms with Crippen molar-refractivity contribution in [3.63, 3.8) is 0 Å². The van der Waals surface area contributed by atoms with Crippen LogP contribution < -0.4 is 5.32 Å². The molecule has 0 aromatic heterocycles. The van der Waals surface area contributed by atoms with E-state index in [0.29, 0.717) is 12.3 Å². The maximum Gasteiger partial charge on any atom is 0.230 e. The first-order valence-electron chi connectivity index (χ1n) is 6.39. The summed E-state index contributed by atoms with van der Waals surface area (Å²) in [5, 5.41) is 11.9. The Kier molecular flexibility index (Phi) is 5.30. The number of hydrogen-bond donors (Lipinski definition) is 2. The van der Waals surface area contributed by atoms with Crippen molar-refractivity contribution >= 4 is 33.6 Å². The van der Waals surface area contributed by atoms with E-state index < -0.39 is 0 Å². The molecule has 0 bridgehead atoms. The highest BCUT2D eigenvalue weighted by Gasteiger charge is 2.41. The summed E-state index contributed by atoms with van der Waals surface area (Å²) in [6.45, 7) is 0.913. The standard InChI is InChI=1S/C14H18BrNO2S/c15-11-1-3-12(4-2-11)19-9-13(18)16-10-14(5-6-14)7-8-17/h1-4,17H,5-10H2,(H,16,18). The number of benzene rings is 1. The molecule has 1 aromatic carbocycles. The molecule has 104 valence electrons. The summed E-state index contributed by atoms with van der Waals surface area (Å²) in [6.07, 6.45) is 3.04. The molecule has 19 heavy (non-hydrogen) atoms. The molecule has 2 rings (SSSR count). The first-order valence-corrected chi connectivity index (χ1v) is 8.17. The summed E-state index contributed by atoms with van der Waals surface area (Å²) in [7, 11) is 0. The Hall–Kier alpha value is -0.520. The average molecular weight is 344 g/mol. The van der Waals surface area contributed by atoms with Crippen molar-refractivity contribution in [3.8, 4) is 0 Å². The number of rotatable bonds is 7. The summed E-state index contributed by atoms with van der Waals surface area (Å²) >= 11 is 4.92. The Labute approximate surface area is 126 Å². The molecular weight excluding hydrogens is 326 g/mol. The van der Waals surface area contributed by atoms with Crippen LogP contribution in [0.25, 0.3) is 0 Å². The third-order valence-electron chi connectivity index (χ3n) is 3.44. The summed E-state index contributed by atoms with van der Waals surface area (Å²) in [5.74, 6) is 0.508. The number of aliphatic hydroxyl groups excluding tert-OH is 1. The van der Waals surface area contributed by atoms with Crippen molar-refractivity contribution < 1.29 is 9.90 Å². The van der Waals surface area contributed by atoms with E-state index in [0.717, 1.165) is 28.6 Å². The lowest BCUT2D eigenvalue weighted by molar-refractivity contribution is -0.118. The molecule has 0 radical (unpaired) electrons. The minimum Gasteiger partial charge on any atom is -0.396 e. The minimum absolute atomic E-state index is 0.0668. The van der Waals surface area contributed by atoms with E-state index in [1.165, 1.54) is 11.8 Å². The Morgan fingerprint density at radius 3 is 2.63 bits per heavy atom. The van der Waals surface area contributed by atoms with Crippen molar-refractivity contribution in [2.75, 3.05) is 18.9 Å². The van der Waals surface area contributed by atoms with E-state index in [-0.39, 0.29) is 17.9 Å². The van der Waals surface area contributed by atoms with Crippen LogP contribution in [0, 0.1) is 5.41 Å². The number of halogens is 1. The van der Waals surface area contributed by atoms with Crippen LogP contribution in [-0.4, -0.2) is 29.9 Å². The maximum atomic E-state index is 11.8. The first-order chi connectivity index (χ1) is 9.13. The van der Waals surface area contributed by atoms with Crippen LogP contribution in [0.1, 0.15) is 19.3 Å². The fourth-order valence-corrected chi connectivity index (χ4v) is 2.94. The highest BCUT2D eigenvalue weighted by molar-refractivity contribution is 9.10. The molecule has 1 aliphatic rings. The third-order valence-corrected chi connectivity index (χ3v) is 4.98. The molecule has 0 aliphatic heterocycles. The predicted molar refractivity (Wildman–Crippen MR) is 81.2 cm³/mol. The molecule has 0 heterocycles. The van der Waals surface area contributed by atoms with Crippen LogP contribution in [0.15, 0.2) is 33.6 Å². The van der Waals surface area contributed by atoms with Crippen LogP contribution >= 0.6 is 27.7 Å². The number of amides is 1. The molecule has 1 aliphatic carbocycles. The third kappa shape index (κ3) is 4.82. The van der Waals surface area contributed by atoms with Crippen LogP contribution in [0.3, 0.4) is 0 Å². The lowest BCUT2D eigenvalue weighted by atomic mass is 10.0. The second kappa shape index (κ2) is 6.77. The Bertz CT molecular complexity index is 432. The number of aliphatic hydroxyl groups is 1. The first kappa shape index (κ1) is 14.9. The molecule has 0 atom stereocenters. The number of hydrogen-bond acceptors (Lipinski definition) is 3. The summed E-state index contributed by atoms with van der Waals surface area (Å²) in [5.41, 5.74) is 0.187. The van der Waals surface area contributed by atoms with Gasteiger partial charge in [0, 0.05) is 22.5 Å². The number of thioether (sulfide) groups is 1. The lowest BCUT2D eigenvalue weighted by Crippen LogP contribution is -2.31. The minimum atomic E-state index is 0.0668. The number of nitrogens with one attached hydrogen (secondary N) is 1. The van der Waals surface area contributed by atoms with Gasteiger partial charge in [-0.3, -0.25) is 4.79 Å². The normalized spacial score (nSPS) is 16.1. The Balaban J connectivity index is 1.69. The molecular formula is C14H18BrNO2S. The zero-order valence-corrected chi connectivity index (χ0v) is 13.1. The van der Waals surface area contributed by atoms with Gasteiger partial charge in [0.2, 0.25) is 5.91 Å². The monoisotopic (exact) mass is 343 g/mol. The van der Waals surface area contributed by atoms with Crippen molar-refractivity contribution in [2.45, 2.75) is 24.2 Å². The highest BCUT2D eigenvalue weighted by atomic mass is 79.9. The van der Waals surface area contributed by atoms with Crippen molar-refractivity contribution in [1.29, 1.82) is 0 Å². The molecule has 0 spiro atoms. The summed E-state index contributed by atoms with van der Waals surface area (Å²) < 4.78 is 1.04. The highest BCUT2D eigenvalue weighted by Crippen LogP contribution is 2.47. The summed E-state index contributed by atoms with van der Waals surface area (Å²) in [6, 6.07) is 7.94. The average Bonchev–Trinajstić information content (AvgIpc) is 3.17. The quantitative estimate of drug-likeness (QED) is 0.748. The molecule has 1 fully saturated rings. The van der Waals surface area contributed by atoms with Gasteiger partial charge in [0.25, 0.3) is 0 Å². The molecule has 3 nitrogen and oxygen atoms in total. The molecule has 5 heteroatoms. The molecule has 0 unspecified atom stereocenters. The zero-order chi connectivity index (χ0) is 13.7. The van der Waals surface area contributed by atoms with Gasteiger partial charge in [-0.1, -0.05) is 15.9 Å². The molecule has 0 saturated heterocycles. The summed E-state index contributed by atoms with van der Waals surface area (Å²) in [4.78, 5) is 12.9. The lowest BCUT2D eigenvalue weighted by Gasteiger charge is -2.14. The molecule has 1 saturated carbocycles. The van der Waals surface area contributed by atoms with Gasteiger partial charge in [0.15, 0.2) is 0 Å².